The zero-order valence-electron chi connectivity index (χ0n) is 15.3. The lowest BCUT2D eigenvalue weighted by Crippen LogP contribution is -2.32. The van der Waals surface area contributed by atoms with Crippen LogP contribution in [0.2, 0.25) is 0 Å². The number of aromatic amines is 1. The average Bonchev–Trinajstić information content (AvgIpc) is 3.37. The van der Waals surface area contributed by atoms with Crippen molar-refractivity contribution in [3.8, 4) is 11.4 Å². The number of carbonyl (C=O) groups excluding carboxylic acids is 2. The Hall–Kier alpha value is -2.74. The molecule has 0 unspecified atom stereocenters. The molecule has 5 N–H and O–H groups in total. The molecule has 0 spiro atoms. The number of H-pyrrole nitrogens is 1. The van der Waals surface area contributed by atoms with Crippen molar-refractivity contribution in [2.75, 3.05) is 11.9 Å². The maximum atomic E-state index is 12.0. The van der Waals surface area contributed by atoms with Gasteiger partial charge in [-0.05, 0) is 36.6 Å². The zero-order chi connectivity index (χ0) is 19.1. The summed E-state index contributed by atoms with van der Waals surface area (Å²) in [6.45, 7) is 0.277. The lowest BCUT2D eigenvalue weighted by atomic mass is 10.0. The molecular weight excluding hydrogens is 344 g/mol. The monoisotopic (exact) mass is 370 g/mol. The summed E-state index contributed by atoms with van der Waals surface area (Å²) in [5.74, 6) is 1.54. The lowest BCUT2D eigenvalue weighted by molar-refractivity contribution is -0.124. The van der Waals surface area contributed by atoms with Gasteiger partial charge in [-0.15, -0.1) is 0 Å². The van der Waals surface area contributed by atoms with Gasteiger partial charge in [0, 0.05) is 17.7 Å². The van der Waals surface area contributed by atoms with Gasteiger partial charge >= 0.3 is 0 Å². The van der Waals surface area contributed by atoms with Gasteiger partial charge in [-0.1, -0.05) is 25.7 Å². The fourth-order valence-corrected chi connectivity index (χ4v) is 3.33. The third kappa shape index (κ3) is 5.62. The Morgan fingerprint density at radius 3 is 2.56 bits per heavy atom. The number of nitrogens with zero attached hydrogens (tertiary/aromatic N) is 2. The number of rotatable bonds is 8. The van der Waals surface area contributed by atoms with Gasteiger partial charge in [-0.2, -0.15) is 5.10 Å². The number of hydrogen-bond acceptors (Lipinski definition) is 5. The molecule has 144 valence electrons. The Kier molecular flexibility index (Phi) is 6.54. The SMILES string of the molecule is NCc1nc(-c2ccc(NC(=O)CNC(=O)CCC3CCCC3)cc2)n[nH]1. The molecule has 1 aromatic carbocycles. The summed E-state index contributed by atoms with van der Waals surface area (Å²) in [4.78, 5) is 28.1. The summed E-state index contributed by atoms with van der Waals surface area (Å²) in [5.41, 5.74) is 6.98. The molecule has 0 atom stereocenters. The Bertz CT molecular complexity index is 765. The van der Waals surface area contributed by atoms with E-state index >= 15 is 0 Å². The smallest absolute Gasteiger partial charge is 0.243 e. The fraction of sp³-hybridized carbons (Fsp3) is 0.474. The molecule has 1 aliphatic carbocycles. The second-order valence-corrected chi connectivity index (χ2v) is 6.90. The van der Waals surface area contributed by atoms with Gasteiger partial charge in [-0.3, -0.25) is 14.7 Å². The van der Waals surface area contributed by atoms with Gasteiger partial charge in [0.05, 0.1) is 13.1 Å². The number of anilines is 1. The average molecular weight is 370 g/mol. The highest BCUT2D eigenvalue weighted by molar-refractivity contribution is 5.94. The van der Waals surface area contributed by atoms with Crippen molar-refractivity contribution < 1.29 is 9.59 Å². The molecule has 2 amide bonds. The minimum Gasteiger partial charge on any atom is -0.347 e. The van der Waals surface area contributed by atoms with E-state index in [1.54, 1.807) is 12.1 Å². The lowest BCUT2D eigenvalue weighted by Gasteiger charge is -2.09. The molecule has 0 bridgehead atoms. The maximum Gasteiger partial charge on any atom is 0.243 e. The summed E-state index contributed by atoms with van der Waals surface area (Å²) in [5, 5.41) is 12.3. The Morgan fingerprint density at radius 1 is 1.15 bits per heavy atom. The number of nitrogens with one attached hydrogen (secondary N) is 3. The fourth-order valence-electron chi connectivity index (χ4n) is 3.33. The third-order valence-corrected chi connectivity index (χ3v) is 4.85. The highest BCUT2D eigenvalue weighted by Gasteiger charge is 2.16. The standard InChI is InChI=1S/C19H26N6O2/c20-11-16-23-19(25-24-16)14-6-8-15(9-7-14)22-18(27)12-21-17(26)10-5-13-3-1-2-4-13/h6-9,13H,1-5,10-12,20H2,(H,21,26)(H,22,27)(H,23,24,25). The van der Waals surface area contributed by atoms with Crippen LogP contribution >= 0.6 is 0 Å². The minimum atomic E-state index is -0.250. The highest BCUT2D eigenvalue weighted by atomic mass is 16.2. The van der Waals surface area contributed by atoms with Crippen LogP contribution in [0.25, 0.3) is 11.4 Å². The Balaban J connectivity index is 1.41. The molecule has 1 aliphatic rings. The van der Waals surface area contributed by atoms with Crippen molar-refractivity contribution in [1.29, 1.82) is 0 Å². The molecule has 8 nitrogen and oxygen atoms in total. The Labute approximate surface area is 158 Å². The number of nitrogens with two attached hydrogens (primary N) is 1. The van der Waals surface area contributed by atoms with Crippen molar-refractivity contribution in [2.24, 2.45) is 11.7 Å². The topological polar surface area (TPSA) is 126 Å². The molecule has 1 heterocycles. The van der Waals surface area contributed by atoms with Crippen LogP contribution in [0.5, 0.6) is 0 Å². The van der Waals surface area contributed by atoms with Crippen molar-refractivity contribution >= 4 is 17.5 Å². The number of hydrogen-bond donors (Lipinski definition) is 4. The number of benzene rings is 1. The van der Waals surface area contributed by atoms with Gasteiger partial charge in [0.1, 0.15) is 5.82 Å². The summed E-state index contributed by atoms with van der Waals surface area (Å²) in [7, 11) is 0. The first-order chi connectivity index (χ1) is 13.1. The van der Waals surface area contributed by atoms with Gasteiger partial charge < -0.3 is 16.4 Å². The molecule has 0 radical (unpaired) electrons. The maximum absolute atomic E-state index is 12.0. The van der Waals surface area contributed by atoms with E-state index in [0.717, 1.165) is 12.0 Å². The zero-order valence-corrected chi connectivity index (χ0v) is 15.3. The van der Waals surface area contributed by atoms with E-state index < -0.39 is 0 Å². The van der Waals surface area contributed by atoms with E-state index in [1.165, 1.54) is 25.7 Å². The van der Waals surface area contributed by atoms with E-state index in [4.69, 9.17) is 5.73 Å². The first-order valence-electron chi connectivity index (χ1n) is 9.42. The van der Waals surface area contributed by atoms with E-state index in [-0.39, 0.29) is 18.4 Å². The van der Waals surface area contributed by atoms with E-state index in [2.05, 4.69) is 25.8 Å². The van der Waals surface area contributed by atoms with Crippen molar-refractivity contribution in [2.45, 2.75) is 45.1 Å². The normalized spacial score (nSPS) is 14.3. The van der Waals surface area contributed by atoms with E-state index in [0.29, 0.717) is 36.2 Å². The second-order valence-electron chi connectivity index (χ2n) is 6.90. The minimum absolute atomic E-state index is 0.0218. The Morgan fingerprint density at radius 2 is 1.89 bits per heavy atom. The predicted molar refractivity (Wildman–Crippen MR) is 103 cm³/mol. The molecule has 1 aromatic heterocycles. The van der Waals surface area contributed by atoms with Gasteiger partial charge in [0.15, 0.2) is 5.82 Å². The summed E-state index contributed by atoms with van der Waals surface area (Å²) >= 11 is 0. The van der Waals surface area contributed by atoms with Gasteiger partial charge in [0.2, 0.25) is 11.8 Å². The molecular formula is C19H26N6O2. The quantitative estimate of drug-likeness (QED) is 0.565. The number of carbonyl (C=O) groups is 2. The summed E-state index contributed by atoms with van der Waals surface area (Å²) < 4.78 is 0. The van der Waals surface area contributed by atoms with Crippen LogP contribution in [0.3, 0.4) is 0 Å². The molecule has 2 aromatic rings. The first kappa shape index (κ1) is 19.0. The molecule has 27 heavy (non-hydrogen) atoms. The van der Waals surface area contributed by atoms with Crippen LogP contribution in [0.1, 0.15) is 44.3 Å². The predicted octanol–water partition coefficient (Wildman–Crippen LogP) is 1.96. The van der Waals surface area contributed by atoms with Crippen LogP contribution in [-0.2, 0) is 16.1 Å². The molecule has 0 saturated heterocycles. The third-order valence-electron chi connectivity index (χ3n) is 4.85. The summed E-state index contributed by atoms with van der Waals surface area (Å²) in [6.07, 6.45) is 6.42. The van der Waals surface area contributed by atoms with Crippen molar-refractivity contribution in [3.05, 3.63) is 30.1 Å². The van der Waals surface area contributed by atoms with E-state index in [1.807, 2.05) is 12.1 Å². The molecule has 1 saturated carbocycles. The van der Waals surface area contributed by atoms with Gasteiger partial charge in [-0.25, -0.2) is 4.98 Å². The molecule has 1 fully saturated rings. The van der Waals surface area contributed by atoms with Crippen LogP contribution < -0.4 is 16.4 Å². The summed E-state index contributed by atoms with van der Waals surface area (Å²) in [6, 6.07) is 7.18. The molecule has 0 aliphatic heterocycles. The number of amides is 2. The largest absolute Gasteiger partial charge is 0.347 e. The van der Waals surface area contributed by atoms with Crippen molar-refractivity contribution in [3.63, 3.8) is 0 Å². The van der Waals surface area contributed by atoms with Gasteiger partial charge in [0.25, 0.3) is 0 Å². The number of aromatic nitrogens is 3. The van der Waals surface area contributed by atoms with E-state index in [9.17, 15) is 9.59 Å². The first-order valence-corrected chi connectivity index (χ1v) is 9.42. The van der Waals surface area contributed by atoms with Crippen LogP contribution in [0, 0.1) is 5.92 Å². The molecule has 3 rings (SSSR count). The highest BCUT2D eigenvalue weighted by Crippen LogP contribution is 2.28. The second kappa shape index (κ2) is 9.27. The van der Waals surface area contributed by atoms with Crippen LogP contribution in [-0.4, -0.2) is 33.5 Å². The van der Waals surface area contributed by atoms with Crippen LogP contribution in [0.15, 0.2) is 24.3 Å². The van der Waals surface area contributed by atoms with Crippen molar-refractivity contribution in [1.82, 2.24) is 20.5 Å². The van der Waals surface area contributed by atoms with Crippen LogP contribution in [0.4, 0.5) is 5.69 Å². The molecule has 8 heteroatoms.